The summed E-state index contributed by atoms with van der Waals surface area (Å²) in [7, 11) is 0. The lowest BCUT2D eigenvalue weighted by Gasteiger charge is -2.14. The third-order valence-electron chi connectivity index (χ3n) is 3.52. The van der Waals surface area contributed by atoms with Gasteiger partial charge in [0.2, 0.25) is 5.82 Å². The lowest BCUT2D eigenvalue weighted by Crippen LogP contribution is -2.13. The van der Waals surface area contributed by atoms with E-state index < -0.39 is 5.92 Å². The van der Waals surface area contributed by atoms with E-state index in [9.17, 15) is 8.78 Å². The van der Waals surface area contributed by atoms with Gasteiger partial charge in [0.05, 0.1) is 0 Å². The summed E-state index contributed by atoms with van der Waals surface area (Å²) < 4.78 is 27.3. The molecule has 8 heteroatoms. The molecule has 0 aliphatic carbocycles. The predicted octanol–water partition coefficient (Wildman–Crippen LogP) is 3.01. The highest BCUT2D eigenvalue weighted by atomic mass is 19.3. The first-order chi connectivity index (χ1) is 11.0. The highest BCUT2D eigenvalue weighted by molar-refractivity contribution is 5.82. The van der Waals surface area contributed by atoms with Gasteiger partial charge < -0.3 is 5.73 Å². The van der Waals surface area contributed by atoms with Gasteiger partial charge in [-0.3, -0.25) is 4.98 Å². The van der Waals surface area contributed by atoms with Crippen LogP contribution in [-0.2, 0) is 5.92 Å². The second-order valence-corrected chi connectivity index (χ2v) is 5.03. The maximum atomic E-state index is 13.7. The Balaban J connectivity index is 2.06. The van der Waals surface area contributed by atoms with Crippen molar-refractivity contribution >= 4 is 5.69 Å². The lowest BCUT2D eigenvalue weighted by molar-refractivity contribution is -0.0127. The van der Waals surface area contributed by atoms with Gasteiger partial charge in [0.25, 0.3) is 5.92 Å². The first-order valence-electron chi connectivity index (χ1n) is 6.99. The second-order valence-electron chi connectivity index (χ2n) is 5.03. The molecular formula is C15H14F2N6. The first kappa shape index (κ1) is 15.0. The van der Waals surface area contributed by atoms with E-state index in [4.69, 9.17) is 5.73 Å². The Morgan fingerprint density at radius 2 is 2.00 bits per heavy atom. The number of aromatic nitrogens is 5. The highest BCUT2D eigenvalue weighted by Gasteiger charge is 2.30. The molecule has 6 nitrogen and oxygen atoms in total. The average molecular weight is 316 g/mol. The molecule has 0 aliphatic heterocycles. The van der Waals surface area contributed by atoms with Crippen LogP contribution in [0.3, 0.4) is 0 Å². The van der Waals surface area contributed by atoms with E-state index in [-0.39, 0.29) is 12.1 Å². The molecule has 0 unspecified atom stereocenters. The van der Waals surface area contributed by atoms with E-state index >= 15 is 0 Å². The Labute approximate surface area is 130 Å². The normalized spacial score (nSPS) is 11.6. The van der Waals surface area contributed by atoms with Gasteiger partial charge in [0.1, 0.15) is 5.69 Å². The average Bonchev–Trinajstić information content (AvgIpc) is 3.09. The van der Waals surface area contributed by atoms with Crippen molar-refractivity contribution in [1.82, 2.24) is 25.6 Å². The fraction of sp³-hybridized carbons (Fsp3) is 0.200. The van der Waals surface area contributed by atoms with Crippen LogP contribution in [0.25, 0.3) is 22.5 Å². The minimum Gasteiger partial charge on any atom is -0.399 e. The number of hydrogen-bond donors (Lipinski definition) is 2. The number of H-pyrrole nitrogens is 1. The van der Waals surface area contributed by atoms with E-state index in [1.807, 2.05) is 0 Å². The zero-order valence-corrected chi connectivity index (χ0v) is 12.3. The van der Waals surface area contributed by atoms with Gasteiger partial charge in [-0.1, -0.05) is 19.1 Å². The molecule has 0 saturated heterocycles. The van der Waals surface area contributed by atoms with Crippen LogP contribution in [0.5, 0.6) is 0 Å². The van der Waals surface area contributed by atoms with Crippen molar-refractivity contribution in [2.45, 2.75) is 19.3 Å². The quantitative estimate of drug-likeness (QED) is 0.722. The molecule has 0 aliphatic rings. The Hall–Kier alpha value is -2.90. The van der Waals surface area contributed by atoms with Gasteiger partial charge in [-0.25, -0.2) is 0 Å². The molecule has 118 valence electrons. The van der Waals surface area contributed by atoms with Crippen LogP contribution < -0.4 is 5.73 Å². The number of pyridine rings is 1. The largest absolute Gasteiger partial charge is 0.399 e. The molecule has 2 heterocycles. The van der Waals surface area contributed by atoms with E-state index in [1.54, 1.807) is 24.3 Å². The molecule has 0 radical (unpaired) electrons. The number of hydrogen-bond acceptors (Lipinski definition) is 5. The summed E-state index contributed by atoms with van der Waals surface area (Å²) in [6.45, 7) is 1.42. The van der Waals surface area contributed by atoms with Gasteiger partial charge in [-0.2, -0.15) is 14.0 Å². The second kappa shape index (κ2) is 5.71. The summed E-state index contributed by atoms with van der Waals surface area (Å²) in [6, 6.07) is 8.12. The van der Waals surface area contributed by atoms with Crippen molar-refractivity contribution in [2.24, 2.45) is 0 Å². The number of nitrogens with two attached hydrogens (primary N) is 1. The lowest BCUT2D eigenvalue weighted by atomic mass is 9.99. The zero-order valence-electron chi connectivity index (χ0n) is 12.3. The zero-order chi connectivity index (χ0) is 16.4. The van der Waals surface area contributed by atoms with Crippen LogP contribution in [-0.4, -0.2) is 25.6 Å². The third-order valence-corrected chi connectivity index (χ3v) is 3.52. The molecule has 0 atom stereocenters. The molecule has 0 bridgehead atoms. The number of benzene rings is 1. The molecule has 3 N–H and O–H groups in total. The molecule has 2 aromatic heterocycles. The van der Waals surface area contributed by atoms with Crippen LogP contribution >= 0.6 is 0 Å². The molecular weight excluding hydrogens is 302 g/mol. The maximum absolute atomic E-state index is 13.7. The highest BCUT2D eigenvalue weighted by Crippen LogP contribution is 2.34. The van der Waals surface area contributed by atoms with Crippen molar-refractivity contribution in [1.29, 1.82) is 0 Å². The summed E-state index contributed by atoms with van der Waals surface area (Å²) in [5.74, 6) is -2.56. The molecule has 1 aromatic carbocycles. The Kier molecular flexibility index (Phi) is 3.73. The van der Waals surface area contributed by atoms with E-state index in [1.165, 1.54) is 19.2 Å². The fourth-order valence-corrected chi connectivity index (χ4v) is 2.23. The third kappa shape index (κ3) is 2.87. The molecule has 3 rings (SSSR count). The number of nitrogens with one attached hydrogen (secondary N) is 1. The topological polar surface area (TPSA) is 93.4 Å². The summed E-state index contributed by atoms with van der Waals surface area (Å²) in [5.41, 5.74) is 8.15. The SMILES string of the molecule is CCC(F)(F)c1ccc(-c2ccc(N)cc2-c2nn[nH]n2)cn1. The van der Waals surface area contributed by atoms with Gasteiger partial charge in [0.15, 0.2) is 0 Å². The minimum absolute atomic E-state index is 0.250. The summed E-state index contributed by atoms with van der Waals surface area (Å²) >= 11 is 0. The Morgan fingerprint density at radius 3 is 2.61 bits per heavy atom. The number of nitrogens with zero attached hydrogens (tertiary/aromatic N) is 4. The molecule has 23 heavy (non-hydrogen) atoms. The van der Waals surface area contributed by atoms with E-state index in [2.05, 4.69) is 25.6 Å². The van der Waals surface area contributed by atoms with Crippen LogP contribution in [0.1, 0.15) is 19.0 Å². The van der Waals surface area contributed by atoms with Gasteiger partial charge >= 0.3 is 0 Å². The standard InChI is InChI=1S/C15H14F2N6/c1-2-15(16,17)13-6-3-9(8-19-13)11-5-4-10(18)7-12(11)14-20-22-23-21-14/h3-8H,2,18H2,1H3,(H,20,21,22,23). The van der Waals surface area contributed by atoms with Crippen LogP contribution in [0.4, 0.5) is 14.5 Å². The predicted molar refractivity (Wildman–Crippen MR) is 81.4 cm³/mol. The van der Waals surface area contributed by atoms with Crippen molar-refractivity contribution in [2.75, 3.05) is 5.73 Å². The number of aromatic amines is 1. The number of nitrogen functional groups attached to an aromatic ring is 1. The van der Waals surface area contributed by atoms with Crippen LogP contribution in [0.2, 0.25) is 0 Å². The summed E-state index contributed by atoms with van der Waals surface area (Å²) in [6.07, 6.45) is 1.11. The minimum atomic E-state index is -2.93. The summed E-state index contributed by atoms with van der Waals surface area (Å²) in [5, 5.41) is 13.8. The van der Waals surface area contributed by atoms with E-state index in [0.29, 0.717) is 22.6 Å². The summed E-state index contributed by atoms with van der Waals surface area (Å²) in [4.78, 5) is 3.90. The van der Waals surface area contributed by atoms with Crippen LogP contribution in [0, 0.1) is 0 Å². The molecule has 0 amide bonds. The van der Waals surface area contributed by atoms with Crippen molar-refractivity contribution < 1.29 is 8.78 Å². The smallest absolute Gasteiger partial charge is 0.289 e. The monoisotopic (exact) mass is 316 g/mol. The van der Waals surface area contributed by atoms with Crippen LogP contribution in [0.15, 0.2) is 36.5 Å². The van der Waals surface area contributed by atoms with Crippen molar-refractivity contribution in [3.63, 3.8) is 0 Å². The number of rotatable bonds is 4. The van der Waals surface area contributed by atoms with Gasteiger partial charge in [0, 0.05) is 29.4 Å². The number of tetrazole rings is 1. The van der Waals surface area contributed by atoms with Crippen molar-refractivity contribution in [3.8, 4) is 22.5 Å². The molecule has 0 saturated carbocycles. The number of alkyl halides is 2. The molecule has 3 aromatic rings. The van der Waals surface area contributed by atoms with Gasteiger partial charge in [-0.15, -0.1) is 10.2 Å². The van der Waals surface area contributed by atoms with E-state index in [0.717, 1.165) is 5.56 Å². The number of halogens is 2. The van der Waals surface area contributed by atoms with Gasteiger partial charge in [-0.05, 0) is 29.0 Å². The molecule has 0 fully saturated rings. The Bertz CT molecular complexity index is 799. The van der Waals surface area contributed by atoms with Crippen molar-refractivity contribution in [3.05, 3.63) is 42.2 Å². The maximum Gasteiger partial charge on any atom is 0.289 e. The molecule has 0 spiro atoms. The number of anilines is 1. The first-order valence-corrected chi connectivity index (χ1v) is 6.99. The fourth-order valence-electron chi connectivity index (χ4n) is 2.23. The Morgan fingerprint density at radius 1 is 1.17 bits per heavy atom.